The molecule has 6 nitrogen and oxygen atoms in total. The molecule has 0 spiro atoms. The Labute approximate surface area is 229 Å². The van der Waals surface area contributed by atoms with E-state index in [-0.39, 0.29) is 11.8 Å². The number of halogens is 2. The molecule has 0 atom stereocenters. The van der Waals surface area contributed by atoms with Gasteiger partial charge in [0, 0.05) is 20.1 Å². The van der Waals surface area contributed by atoms with Crippen LogP contribution in [-0.4, -0.2) is 25.5 Å². The van der Waals surface area contributed by atoms with Gasteiger partial charge in [-0.25, -0.2) is 0 Å². The van der Waals surface area contributed by atoms with Gasteiger partial charge in [-0.15, -0.1) is 0 Å². The second kappa shape index (κ2) is 14.0. The number of hydrogen-bond acceptors (Lipinski definition) is 4. The Kier molecular flexibility index (Phi) is 10.8. The van der Waals surface area contributed by atoms with Crippen LogP contribution < -0.4 is 20.1 Å². The highest BCUT2D eigenvalue weighted by atomic mass is 79.9. The zero-order chi connectivity index (χ0) is 25.9. The molecule has 0 fully saturated rings. The van der Waals surface area contributed by atoms with Gasteiger partial charge in [-0.2, -0.15) is 0 Å². The fraction of sp³-hybridized carbons (Fsp3) is 0.286. The van der Waals surface area contributed by atoms with E-state index in [2.05, 4.69) is 49.4 Å². The van der Waals surface area contributed by atoms with Gasteiger partial charge in [0.15, 0.2) is 11.5 Å². The summed E-state index contributed by atoms with van der Waals surface area (Å²) in [7, 11) is 1.58. The molecular weight excluding hydrogens is 588 g/mol. The summed E-state index contributed by atoms with van der Waals surface area (Å²) in [5.74, 6) is 0.497. The molecule has 0 aliphatic rings. The van der Waals surface area contributed by atoms with E-state index in [1.807, 2.05) is 12.1 Å². The zero-order valence-corrected chi connectivity index (χ0v) is 23.5. The number of benzene rings is 3. The first-order chi connectivity index (χ1) is 17.4. The largest absolute Gasteiger partial charge is 0.493 e. The predicted molar refractivity (Wildman–Crippen MR) is 149 cm³/mol. The minimum atomic E-state index is -0.809. The number of carbonyl (C=O) groups excluding carboxylic acids is 2. The highest BCUT2D eigenvalue weighted by molar-refractivity contribution is 9.10. The molecule has 2 N–H and O–H groups in total. The SMILES string of the molecule is CCCCCCOc1cc(C(NC(=O)c2cccc(Br)c2)NC(=O)c2cccc(Br)c2)ccc1OC. The molecule has 0 unspecified atom stereocenters. The van der Waals surface area contributed by atoms with Crippen molar-refractivity contribution < 1.29 is 19.1 Å². The Bertz CT molecular complexity index is 1130. The number of rotatable bonds is 12. The molecule has 8 heteroatoms. The van der Waals surface area contributed by atoms with E-state index in [1.165, 1.54) is 0 Å². The molecule has 0 saturated heterocycles. The van der Waals surface area contributed by atoms with Crippen LogP contribution in [0.5, 0.6) is 11.5 Å². The normalized spacial score (nSPS) is 10.7. The van der Waals surface area contributed by atoms with E-state index in [1.54, 1.807) is 61.7 Å². The Morgan fingerprint density at radius 3 is 1.94 bits per heavy atom. The highest BCUT2D eigenvalue weighted by Gasteiger charge is 2.21. The van der Waals surface area contributed by atoms with E-state index in [4.69, 9.17) is 9.47 Å². The molecule has 0 aliphatic heterocycles. The highest BCUT2D eigenvalue weighted by Crippen LogP contribution is 2.30. The third-order valence-corrected chi connectivity index (χ3v) is 6.49. The van der Waals surface area contributed by atoms with Gasteiger partial charge in [-0.3, -0.25) is 9.59 Å². The van der Waals surface area contributed by atoms with Crippen LogP contribution in [0.15, 0.2) is 75.7 Å². The van der Waals surface area contributed by atoms with Gasteiger partial charge in [0.1, 0.15) is 6.17 Å². The average molecular weight is 618 g/mol. The van der Waals surface area contributed by atoms with Crippen LogP contribution in [0, 0.1) is 0 Å². The second-order valence-electron chi connectivity index (χ2n) is 8.22. The van der Waals surface area contributed by atoms with E-state index >= 15 is 0 Å². The zero-order valence-electron chi connectivity index (χ0n) is 20.4. The van der Waals surface area contributed by atoms with Crippen molar-refractivity contribution in [2.75, 3.05) is 13.7 Å². The average Bonchev–Trinajstić information content (AvgIpc) is 2.88. The van der Waals surface area contributed by atoms with E-state index in [0.29, 0.717) is 34.8 Å². The molecular formula is C28H30Br2N2O4. The van der Waals surface area contributed by atoms with Crippen molar-refractivity contribution in [1.29, 1.82) is 0 Å². The first-order valence-corrected chi connectivity index (χ1v) is 13.4. The third kappa shape index (κ3) is 8.10. The summed E-state index contributed by atoms with van der Waals surface area (Å²) in [6, 6.07) is 19.5. The lowest BCUT2D eigenvalue weighted by Gasteiger charge is -2.22. The van der Waals surface area contributed by atoms with E-state index in [9.17, 15) is 9.59 Å². The first kappa shape index (κ1) is 27.7. The molecule has 0 radical (unpaired) electrons. The van der Waals surface area contributed by atoms with Gasteiger partial charge < -0.3 is 20.1 Å². The standard InChI is InChI=1S/C28H30Br2N2O4/c1-3-4-5-6-15-36-25-18-19(13-14-24(25)35-2)26(31-27(33)20-9-7-11-22(29)16-20)32-28(34)21-10-8-12-23(30)17-21/h7-14,16-18,26H,3-6,15H2,1-2H3,(H,31,33)(H,32,34). The third-order valence-electron chi connectivity index (χ3n) is 5.50. The molecule has 0 saturated carbocycles. The fourth-order valence-electron chi connectivity index (χ4n) is 3.59. The van der Waals surface area contributed by atoms with Crippen LogP contribution >= 0.6 is 31.9 Å². The molecule has 3 rings (SSSR count). The molecule has 0 aromatic heterocycles. The van der Waals surface area contributed by atoms with Crippen molar-refractivity contribution in [3.8, 4) is 11.5 Å². The predicted octanol–water partition coefficient (Wildman–Crippen LogP) is 7.04. The molecule has 0 aliphatic carbocycles. The summed E-state index contributed by atoms with van der Waals surface area (Å²) in [5, 5.41) is 5.88. The molecule has 3 aromatic rings. The maximum absolute atomic E-state index is 13.1. The van der Waals surface area contributed by atoms with Gasteiger partial charge in [0.05, 0.1) is 13.7 Å². The van der Waals surface area contributed by atoms with E-state index < -0.39 is 6.17 Å². The molecule has 3 aromatic carbocycles. The van der Waals surface area contributed by atoms with Crippen LogP contribution in [0.4, 0.5) is 0 Å². The summed E-state index contributed by atoms with van der Waals surface area (Å²) in [5.41, 5.74) is 1.59. The van der Waals surface area contributed by atoms with Crippen molar-refractivity contribution >= 4 is 43.7 Å². The maximum Gasteiger partial charge on any atom is 0.253 e. The Morgan fingerprint density at radius 2 is 1.42 bits per heavy atom. The number of carbonyl (C=O) groups is 2. The lowest BCUT2D eigenvalue weighted by Crippen LogP contribution is -2.41. The van der Waals surface area contributed by atoms with Crippen molar-refractivity contribution in [2.24, 2.45) is 0 Å². The van der Waals surface area contributed by atoms with Gasteiger partial charge in [0.25, 0.3) is 11.8 Å². The molecule has 0 bridgehead atoms. The topological polar surface area (TPSA) is 76.7 Å². The summed E-state index contributed by atoms with van der Waals surface area (Å²) >= 11 is 6.80. The van der Waals surface area contributed by atoms with Crippen LogP contribution in [0.1, 0.15) is 65.1 Å². The van der Waals surface area contributed by atoms with Crippen molar-refractivity contribution in [3.63, 3.8) is 0 Å². The summed E-state index contributed by atoms with van der Waals surface area (Å²) in [6.07, 6.45) is 3.52. The van der Waals surface area contributed by atoms with Crippen LogP contribution in [0.2, 0.25) is 0 Å². The number of amides is 2. The number of ether oxygens (including phenoxy) is 2. The smallest absolute Gasteiger partial charge is 0.253 e. The molecule has 36 heavy (non-hydrogen) atoms. The number of hydrogen-bond donors (Lipinski definition) is 2. The van der Waals surface area contributed by atoms with Gasteiger partial charge >= 0.3 is 0 Å². The minimum absolute atomic E-state index is 0.325. The number of methoxy groups -OCH3 is 1. The van der Waals surface area contributed by atoms with Gasteiger partial charge in [-0.05, 0) is 60.5 Å². The molecule has 0 heterocycles. The summed E-state index contributed by atoms with van der Waals surface area (Å²) in [6.45, 7) is 2.72. The minimum Gasteiger partial charge on any atom is -0.493 e. The summed E-state index contributed by atoms with van der Waals surface area (Å²) < 4.78 is 13.1. The first-order valence-electron chi connectivity index (χ1n) is 11.8. The lowest BCUT2D eigenvalue weighted by molar-refractivity contribution is 0.0883. The van der Waals surface area contributed by atoms with Gasteiger partial charge in [-0.1, -0.05) is 76.2 Å². The summed E-state index contributed by atoms with van der Waals surface area (Å²) in [4.78, 5) is 26.2. The monoisotopic (exact) mass is 616 g/mol. The number of unbranched alkanes of at least 4 members (excludes halogenated alkanes) is 3. The Morgan fingerprint density at radius 1 is 0.806 bits per heavy atom. The van der Waals surface area contributed by atoms with Crippen molar-refractivity contribution in [3.05, 3.63) is 92.4 Å². The fourth-order valence-corrected chi connectivity index (χ4v) is 4.39. The van der Waals surface area contributed by atoms with Crippen molar-refractivity contribution in [1.82, 2.24) is 10.6 Å². The van der Waals surface area contributed by atoms with Crippen LogP contribution in [0.3, 0.4) is 0 Å². The lowest BCUT2D eigenvalue weighted by atomic mass is 10.1. The Balaban J connectivity index is 1.87. The number of nitrogens with one attached hydrogen (secondary N) is 2. The van der Waals surface area contributed by atoms with E-state index in [0.717, 1.165) is 34.6 Å². The Hall–Kier alpha value is -2.84. The van der Waals surface area contributed by atoms with Crippen LogP contribution in [0.25, 0.3) is 0 Å². The van der Waals surface area contributed by atoms with Crippen molar-refractivity contribution in [2.45, 2.75) is 38.8 Å². The quantitative estimate of drug-likeness (QED) is 0.169. The maximum atomic E-state index is 13.1. The molecule has 2 amide bonds. The van der Waals surface area contributed by atoms with Gasteiger partial charge in [0.2, 0.25) is 0 Å². The van der Waals surface area contributed by atoms with Crippen LogP contribution in [-0.2, 0) is 0 Å². The second-order valence-corrected chi connectivity index (χ2v) is 10.1. The molecule has 190 valence electrons.